The Morgan fingerprint density at radius 3 is 2.83 bits per heavy atom. The SMILES string of the molecule is OCCSCc1ccc(Cl)nn1. The van der Waals surface area contributed by atoms with Crippen molar-refractivity contribution in [1.29, 1.82) is 0 Å². The molecule has 0 aliphatic heterocycles. The summed E-state index contributed by atoms with van der Waals surface area (Å²) in [4.78, 5) is 0. The maximum atomic E-state index is 8.51. The molecular formula is C7H9ClN2OS. The van der Waals surface area contributed by atoms with Gasteiger partial charge in [0.2, 0.25) is 0 Å². The maximum Gasteiger partial charge on any atom is 0.151 e. The minimum Gasteiger partial charge on any atom is -0.396 e. The van der Waals surface area contributed by atoms with Gasteiger partial charge in [-0.05, 0) is 12.1 Å². The highest BCUT2D eigenvalue weighted by Crippen LogP contribution is 2.09. The Morgan fingerprint density at radius 2 is 2.25 bits per heavy atom. The Kier molecular flexibility index (Phi) is 4.35. The van der Waals surface area contributed by atoms with Gasteiger partial charge in [-0.1, -0.05) is 11.6 Å². The second-order valence-electron chi connectivity index (χ2n) is 2.12. The summed E-state index contributed by atoms with van der Waals surface area (Å²) in [5, 5.41) is 16.5. The second kappa shape index (κ2) is 5.35. The molecule has 5 heteroatoms. The van der Waals surface area contributed by atoms with Gasteiger partial charge >= 0.3 is 0 Å². The van der Waals surface area contributed by atoms with Crippen LogP contribution in [0.4, 0.5) is 0 Å². The standard InChI is InChI=1S/C7H9ClN2OS/c8-7-2-1-6(9-10-7)5-12-4-3-11/h1-2,11H,3-5H2. The smallest absolute Gasteiger partial charge is 0.151 e. The largest absolute Gasteiger partial charge is 0.396 e. The molecule has 0 aromatic carbocycles. The van der Waals surface area contributed by atoms with Crippen LogP contribution in [-0.4, -0.2) is 27.7 Å². The number of aliphatic hydroxyl groups is 1. The van der Waals surface area contributed by atoms with Gasteiger partial charge in [-0.15, -0.1) is 5.10 Å². The molecule has 3 nitrogen and oxygen atoms in total. The number of thioether (sulfide) groups is 1. The molecule has 1 heterocycles. The Balaban J connectivity index is 2.37. The summed E-state index contributed by atoms with van der Waals surface area (Å²) in [7, 11) is 0. The van der Waals surface area contributed by atoms with Crippen LogP contribution in [0.2, 0.25) is 5.15 Å². The molecule has 1 aromatic rings. The van der Waals surface area contributed by atoms with Gasteiger partial charge in [0.05, 0.1) is 12.3 Å². The molecule has 1 N–H and O–H groups in total. The fourth-order valence-electron chi connectivity index (χ4n) is 0.662. The number of nitrogens with zero attached hydrogens (tertiary/aromatic N) is 2. The molecule has 12 heavy (non-hydrogen) atoms. The summed E-state index contributed by atoms with van der Waals surface area (Å²) in [5.74, 6) is 1.50. The van der Waals surface area contributed by atoms with Crippen LogP contribution < -0.4 is 0 Å². The van der Waals surface area contributed by atoms with Crippen LogP contribution in [0.3, 0.4) is 0 Å². The first kappa shape index (κ1) is 9.77. The van der Waals surface area contributed by atoms with E-state index in [4.69, 9.17) is 16.7 Å². The van der Waals surface area contributed by atoms with E-state index in [1.54, 1.807) is 17.8 Å². The zero-order valence-corrected chi connectivity index (χ0v) is 7.98. The number of aromatic nitrogens is 2. The van der Waals surface area contributed by atoms with E-state index in [1.807, 2.05) is 6.07 Å². The average molecular weight is 205 g/mol. The van der Waals surface area contributed by atoms with E-state index in [0.29, 0.717) is 5.15 Å². The first-order valence-corrected chi connectivity index (χ1v) is 5.03. The number of hydrogen-bond acceptors (Lipinski definition) is 4. The summed E-state index contributed by atoms with van der Waals surface area (Å²) in [5.41, 5.74) is 0.887. The highest BCUT2D eigenvalue weighted by molar-refractivity contribution is 7.98. The summed E-state index contributed by atoms with van der Waals surface area (Å²) < 4.78 is 0. The molecule has 0 radical (unpaired) electrons. The van der Waals surface area contributed by atoms with Crippen molar-refractivity contribution in [2.45, 2.75) is 5.75 Å². The van der Waals surface area contributed by atoms with Crippen molar-refractivity contribution in [2.75, 3.05) is 12.4 Å². The highest BCUT2D eigenvalue weighted by Gasteiger charge is 1.95. The van der Waals surface area contributed by atoms with Crippen LogP contribution in [0.5, 0.6) is 0 Å². The quantitative estimate of drug-likeness (QED) is 0.753. The first-order valence-electron chi connectivity index (χ1n) is 3.49. The summed E-state index contributed by atoms with van der Waals surface area (Å²) in [6.07, 6.45) is 0. The molecule has 1 aromatic heterocycles. The van der Waals surface area contributed by atoms with Crippen LogP contribution in [0.15, 0.2) is 12.1 Å². The molecule has 0 unspecified atom stereocenters. The fraction of sp³-hybridized carbons (Fsp3) is 0.429. The third-order valence-corrected chi connectivity index (χ3v) is 2.35. The van der Waals surface area contributed by atoms with Crippen molar-refractivity contribution < 1.29 is 5.11 Å². The normalized spacial score (nSPS) is 10.2. The van der Waals surface area contributed by atoms with Crippen molar-refractivity contribution in [3.05, 3.63) is 23.0 Å². The van der Waals surface area contributed by atoms with Crippen molar-refractivity contribution in [3.63, 3.8) is 0 Å². The Labute approximate surface area is 80.2 Å². The van der Waals surface area contributed by atoms with Crippen LogP contribution in [0.1, 0.15) is 5.69 Å². The van der Waals surface area contributed by atoms with E-state index >= 15 is 0 Å². The van der Waals surface area contributed by atoms with Crippen molar-refractivity contribution >= 4 is 23.4 Å². The van der Waals surface area contributed by atoms with Gasteiger partial charge in [0, 0.05) is 11.5 Å². The van der Waals surface area contributed by atoms with Gasteiger partial charge in [-0.3, -0.25) is 0 Å². The van der Waals surface area contributed by atoms with E-state index in [1.165, 1.54) is 0 Å². The van der Waals surface area contributed by atoms with E-state index in [2.05, 4.69) is 10.2 Å². The molecule has 0 saturated carbocycles. The first-order chi connectivity index (χ1) is 5.83. The molecule has 0 amide bonds. The molecule has 0 bridgehead atoms. The van der Waals surface area contributed by atoms with Crippen LogP contribution in [0.25, 0.3) is 0 Å². The van der Waals surface area contributed by atoms with E-state index < -0.39 is 0 Å². The summed E-state index contributed by atoms with van der Waals surface area (Å²) in [6.45, 7) is 0.200. The number of aliphatic hydroxyl groups excluding tert-OH is 1. The minimum atomic E-state index is 0.200. The molecule has 0 fully saturated rings. The molecule has 0 aliphatic carbocycles. The monoisotopic (exact) mass is 204 g/mol. The number of rotatable bonds is 4. The van der Waals surface area contributed by atoms with Gasteiger partial charge in [0.15, 0.2) is 5.15 Å². The Bertz CT molecular complexity index is 229. The van der Waals surface area contributed by atoms with E-state index in [0.717, 1.165) is 17.2 Å². The fourth-order valence-corrected chi connectivity index (χ4v) is 1.40. The number of halogens is 1. The molecule has 0 saturated heterocycles. The maximum absolute atomic E-state index is 8.51. The van der Waals surface area contributed by atoms with Crippen LogP contribution in [0, 0.1) is 0 Å². The topological polar surface area (TPSA) is 46.0 Å². The lowest BCUT2D eigenvalue weighted by atomic mass is 10.4. The third kappa shape index (κ3) is 3.38. The molecule has 1 rings (SSSR count). The van der Waals surface area contributed by atoms with Crippen molar-refractivity contribution in [2.24, 2.45) is 0 Å². The molecule has 0 atom stereocenters. The summed E-state index contributed by atoms with van der Waals surface area (Å²) in [6, 6.07) is 3.54. The second-order valence-corrected chi connectivity index (χ2v) is 3.62. The van der Waals surface area contributed by atoms with Gasteiger partial charge < -0.3 is 5.11 Å². The zero-order valence-electron chi connectivity index (χ0n) is 6.40. The lowest BCUT2D eigenvalue weighted by Gasteiger charge is -1.97. The third-order valence-electron chi connectivity index (χ3n) is 1.17. The van der Waals surface area contributed by atoms with Crippen molar-refractivity contribution in [3.8, 4) is 0 Å². The van der Waals surface area contributed by atoms with E-state index in [9.17, 15) is 0 Å². The molecular weight excluding hydrogens is 196 g/mol. The van der Waals surface area contributed by atoms with Gasteiger partial charge in [0.1, 0.15) is 0 Å². The van der Waals surface area contributed by atoms with Gasteiger partial charge in [0.25, 0.3) is 0 Å². The number of hydrogen-bond donors (Lipinski definition) is 1. The Hall–Kier alpha value is -0.320. The predicted molar refractivity (Wildman–Crippen MR) is 50.3 cm³/mol. The average Bonchev–Trinajstić information content (AvgIpc) is 2.09. The minimum absolute atomic E-state index is 0.200. The molecule has 0 aliphatic rings. The lowest BCUT2D eigenvalue weighted by molar-refractivity contribution is 0.322. The van der Waals surface area contributed by atoms with Crippen molar-refractivity contribution in [1.82, 2.24) is 10.2 Å². The molecule has 0 spiro atoms. The highest BCUT2D eigenvalue weighted by atomic mass is 35.5. The van der Waals surface area contributed by atoms with E-state index in [-0.39, 0.29) is 6.61 Å². The predicted octanol–water partition coefficient (Wildman–Crippen LogP) is 1.36. The van der Waals surface area contributed by atoms with Crippen LogP contribution in [-0.2, 0) is 5.75 Å². The zero-order chi connectivity index (χ0) is 8.81. The Morgan fingerprint density at radius 1 is 1.42 bits per heavy atom. The van der Waals surface area contributed by atoms with Gasteiger partial charge in [-0.2, -0.15) is 16.9 Å². The lowest BCUT2D eigenvalue weighted by Crippen LogP contribution is -1.92. The van der Waals surface area contributed by atoms with Crippen LogP contribution >= 0.6 is 23.4 Å². The summed E-state index contributed by atoms with van der Waals surface area (Å²) >= 11 is 7.17. The van der Waals surface area contributed by atoms with Gasteiger partial charge in [-0.25, -0.2) is 0 Å². The molecule has 66 valence electrons.